The van der Waals surface area contributed by atoms with Crippen LogP contribution in [-0.2, 0) is 6.18 Å². The molecule has 0 radical (unpaired) electrons. The van der Waals surface area contributed by atoms with E-state index in [0.717, 1.165) is 12.1 Å². The van der Waals surface area contributed by atoms with Crippen molar-refractivity contribution in [3.8, 4) is 11.8 Å². The first kappa shape index (κ1) is 12.0. The molecule has 18 heavy (non-hydrogen) atoms. The third kappa shape index (κ3) is 1.90. The maximum atomic E-state index is 13.4. The molecule has 0 aliphatic heterocycles. The normalized spacial score (nSPS) is 11.3. The molecule has 0 aliphatic rings. The Morgan fingerprint density at radius 3 is 2.44 bits per heavy atom. The number of benzene rings is 1. The third-order valence-corrected chi connectivity index (χ3v) is 2.13. The van der Waals surface area contributed by atoms with Gasteiger partial charge in [-0.3, -0.25) is 0 Å². The summed E-state index contributed by atoms with van der Waals surface area (Å²) >= 11 is 0. The number of para-hydroxylation sites is 1. The van der Waals surface area contributed by atoms with E-state index in [1.165, 1.54) is 18.2 Å². The van der Waals surface area contributed by atoms with Crippen LogP contribution in [0.3, 0.4) is 0 Å². The average molecular weight is 256 g/mol. The molecule has 8 heteroatoms. The maximum Gasteiger partial charge on any atom is 0.436 e. The van der Waals surface area contributed by atoms with Gasteiger partial charge in [-0.2, -0.15) is 18.4 Å². The van der Waals surface area contributed by atoms with Crippen molar-refractivity contribution in [2.24, 2.45) is 0 Å². The van der Waals surface area contributed by atoms with Crippen LogP contribution in [0.25, 0.3) is 5.69 Å². The molecule has 0 bridgehead atoms. The molecule has 0 spiro atoms. The zero-order chi connectivity index (χ0) is 13.3. The van der Waals surface area contributed by atoms with Crippen LogP contribution in [0.4, 0.5) is 17.6 Å². The van der Waals surface area contributed by atoms with Crippen LogP contribution in [0.15, 0.2) is 24.3 Å². The molecule has 0 amide bonds. The highest BCUT2D eigenvalue weighted by Gasteiger charge is 2.40. The maximum absolute atomic E-state index is 13.4. The van der Waals surface area contributed by atoms with Crippen molar-refractivity contribution in [3.63, 3.8) is 0 Å². The minimum absolute atomic E-state index is 0.272. The van der Waals surface area contributed by atoms with Crippen LogP contribution in [-0.4, -0.2) is 15.0 Å². The summed E-state index contributed by atoms with van der Waals surface area (Å²) in [4.78, 5) is 0. The van der Waals surface area contributed by atoms with E-state index >= 15 is 0 Å². The summed E-state index contributed by atoms with van der Waals surface area (Å²) in [5.41, 5.74) is -2.71. The highest BCUT2D eigenvalue weighted by Crippen LogP contribution is 2.32. The Morgan fingerprint density at radius 1 is 1.22 bits per heavy atom. The first-order valence-electron chi connectivity index (χ1n) is 4.63. The van der Waals surface area contributed by atoms with Gasteiger partial charge in [-0.05, 0) is 12.1 Å². The number of hydrogen-bond acceptors (Lipinski definition) is 3. The van der Waals surface area contributed by atoms with E-state index in [1.807, 2.05) is 0 Å². The van der Waals surface area contributed by atoms with E-state index in [2.05, 4.69) is 10.3 Å². The summed E-state index contributed by atoms with van der Waals surface area (Å²) in [5.74, 6) is -0.891. The lowest BCUT2D eigenvalue weighted by atomic mass is 10.2. The minimum Gasteiger partial charge on any atom is -0.205 e. The lowest BCUT2D eigenvalue weighted by Gasteiger charge is -2.09. The van der Waals surface area contributed by atoms with Crippen LogP contribution >= 0.6 is 0 Å². The van der Waals surface area contributed by atoms with Gasteiger partial charge in [0.25, 0.3) is 0 Å². The van der Waals surface area contributed by atoms with Gasteiger partial charge in [0.1, 0.15) is 17.6 Å². The highest BCUT2D eigenvalue weighted by molar-refractivity contribution is 5.38. The molecule has 0 atom stereocenters. The molecule has 0 fully saturated rings. The summed E-state index contributed by atoms with van der Waals surface area (Å²) in [6, 6.07) is 6.06. The number of nitrogens with zero attached hydrogens (tertiary/aromatic N) is 4. The fraction of sp³-hybridized carbons (Fsp3) is 0.100. The predicted molar refractivity (Wildman–Crippen MR) is 51.0 cm³/mol. The van der Waals surface area contributed by atoms with Crippen molar-refractivity contribution in [1.82, 2.24) is 15.0 Å². The molecule has 2 aromatic rings. The van der Waals surface area contributed by atoms with Gasteiger partial charge in [-0.1, -0.05) is 17.3 Å². The molecule has 1 aromatic heterocycles. The first-order chi connectivity index (χ1) is 8.45. The monoisotopic (exact) mass is 256 g/mol. The molecule has 0 N–H and O–H groups in total. The highest BCUT2D eigenvalue weighted by atomic mass is 19.4. The summed E-state index contributed by atoms with van der Waals surface area (Å²) in [5, 5.41) is 14.8. The molecule has 1 aromatic carbocycles. The number of hydrogen-bond donors (Lipinski definition) is 0. The number of rotatable bonds is 1. The van der Waals surface area contributed by atoms with Gasteiger partial charge in [-0.15, -0.1) is 5.10 Å². The van der Waals surface area contributed by atoms with E-state index in [4.69, 9.17) is 5.26 Å². The second kappa shape index (κ2) is 4.10. The SMILES string of the molecule is N#Cc1nnn(-c2ccccc2F)c1C(F)(F)F. The summed E-state index contributed by atoms with van der Waals surface area (Å²) in [7, 11) is 0. The van der Waals surface area contributed by atoms with Crippen LogP contribution in [0.5, 0.6) is 0 Å². The molecule has 4 nitrogen and oxygen atoms in total. The molecule has 1 heterocycles. The van der Waals surface area contributed by atoms with Crippen molar-refractivity contribution < 1.29 is 17.6 Å². The Morgan fingerprint density at radius 2 is 1.89 bits per heavy atom. The average Bonchev–Trinajstić information content (AvgIpc) is 2.73. The third-order valence-electron chi connectivity index (χ3n) is 2.13. The molecule has 0 saturated heterocycles. The smallest absolute Gasteiger partial charge is 0.205 e. The van der Waals surface area contributed by atoms with Crippen LogP contribution in [0.2, 0.25) is 0 Å². The van der Waals surface area contributed by atoms with Crippen LogP contribution in [0, 0.1) is 17.1 Å². The van der Waals surface area contributed by atoms with E-state index < -0.39 is 29.1 Å². The molecule has 92 valence electrons. The van der Waals surface area contributed by atoms with E-state index in [1.54, 1.807) is 0 Å². The lowest BCUT2D eigenvalue weighted by Crippen LogP contribution is -2.15. The second-order valence-electron chi connectivity index (χ2n) is 3.26. The number of halogens is 4. The summed E-state index contributed by atoms with van der Waals surface area (Å²) in [6.45, 7) is 0. The zero-order valence-corrected chi connectivity index (χ0v) is 8.61. The first-order valence-corrected chi connectivity index (χ1v) is 4.63. The van der Waals surface area contributed by atoms with Crippen molar-refractivity contribution in [2.45, 2.75) is 6.18 Å². The molecular weight excluding hydrogens is 252 g/mol. The van der Waals surface area contributed by atoms with Crippen LogP contribution < -0.4 is 0 Å². The Bertz CT molecular complexity index is 624. The lowest BCUT2D eigenvalue weighted by molar-refractivity contribution is -0.143. The Hall–Kier alpha value is -2.43. The van der Waals surface area contributed by atoms with E-state index in [9.17, 15) is 17.6 Å². The van der Waals surface area contributed by atoms with Gasteiger partial charge in [-0.25, -0.2) is 9.07 Å². The summed E-state index contributed by atoms with van der Waals surface area (Å²) in [6.07, 6.45) is -4.85. The molecule has 2 rings (SSSR count). The predicted octanol–water partition coefficient (Wildman–Crippen LogP) is 2.30. The van der Waals surface area contributed by atoms with Gasteiger partial charge in [0.15, 0.2) is 11.4 Å². The van der Waals surface area contributed by atoms with Gasteiger partial charge in [0, 0.05) is 0 Å². The fourth-order valence-electron chi connectivity index (χ4n) is 1.40. The molecule has 0 saturated carbocycles. The topological polar surface area (TPSA) is 54.5 Å². The second-order valence-corrected chi connectivity index (χ2v) is 3.26. The quantitative estimate of drug-likeness (QED) is 0.735. The van der Waals surface area contributed by atoms with Crippen molar-refractivity contribution in [2.75, 3.05) is 0 Å². The largest absolute Gasteiger partial charge is 0.436 e. The standard InChI is InChI=1S/C10H4F4N4/c11-6-3-1-2-4-8(6)18-9(10(12,13)14)7(5-15)16-17-18/h1-4H. The van der Waals surface area contributed by atoms with E-state index in [-0.39, 0.29) is 4.68 Å². The Balaban J connectivity index is 2.71. The summed E-state index contributed by atoms with van der Waals surface area (Å²) < 4.78 is 52.0. The van der Waals surface area contributed by atoms with Crippen molar-refractivity contribution in [3.05, 3.63) is 41.5 Å². The Kier molecular flexibility index (Phi) is 2.74. The number of alkyl halides is 3. The van der Waals surface area contributed by atoms with Crippen molar-refractivity contribution >= 4 is 0 Å². The van der Waals surface area contributed by atoms with Gasteiger partial charge in [0.05, 0.1) is 0 Å². The number of nitriles is 1. The zero-order valence-electron chi connectivity index (χ0n) is 8.61. The van der Waals surface area contributed by atoms with Gasteiger partial charge < -0.3 is 0 Å². The minimum atomic E-state index is -4.85. The molecule has 0 aliphatic carbocycles. The fourth-order valence-corrected chi connectivity index (χ4v) is 1.40. The molecular formula is C10H4F4N4. The van der Waals surface area contributed by atoms with Gasteiger partial charge in [0.2, 0.25) is 0 Å². The Labute approximate surface area is 98.1 Å². The van der Waals surface area contributed by atoms with E-state index in [0.29, 0.717) is 0 Å². The number of aromatic nitrogens is 3. The van der Waals surface area contributed by atoms with Crippen LogP contribution in [0.1, 0.15) is 11.4 Å². The van der Waals surface area contributed by atoms with Crippen molar-refractivity contribution in [1.29, 1.82) is 5.26 Å². The van der Waals surface area contributed by atoms with Gasteiger partial charge >= 0.3 is 6.18 Å². The molecule has 0 unspecified atom stereocenters.